The molecule has 0 fully saturated rings. The van der Waals surface area contributed by atoms with E-state index in [4.69, 9.17) is 14.9 Å². The number of carbonyl (C=O) groups excluding carboxylic acids is 1. The second-order valence-corrected chi connectivity index (χ2v) is 4.37. The van der Waals surface area contributed by atoms with Gasteiger partial charge < -0.3 is 14.9 Å². The summed E-state index contributed by atoms with van der Waals surface area (Å²) in [7, 11) is 0. The number of carboxylic acid groups (broad SMARTS) is 1. The summed E-state index contributed by atoms with van der Waals surface area (Å²) in [4.78, 5) is 22.6. The highest BCUT2D eigenvalue weighted by Crippen LogP contribution is 2.23. The third-order valence-corrected chi connectivity index (χ3v) is 2.98. The molecule has 3 atom stereocenters. The molecular formula is C16H38O5. The van der Waals surface area contributed by atoms with Gasteiger partial charge in [-0.2, -0.15) is 0 Å². The maximum absolute atomic E-state index is 11.5. The summed E-state index contributed by atoms with van der Waals surface area (Å²) in [5, 5.41) is 17.6. The predicted octanol–water partition coefficient (Wildman–Crippen LogP) is 3.84. The Morgan fingerprint density at radius 2 is 1.57 bits per heavy atom. The zero-order valence-electron chi connectivity index (χ0n) is 10.7. The second-order valence-electron chi connectivity index (χ2n) is 4.37. The van der Waals surface area contributed by atoms with Gasteiger partial charge in [0.25, 0.3) is 0 Å². The minimum absolute atomic E-state index is 0. The van der Waals surface area contributed by atoms with E-state index in [0.717, 1.165) is 6.42 Å². The van der Waals surface area contributed by atoms with Crippen LogP contribution in [0.15, 0.2) is 0 Å². The first-order chi connectivity index (χ1) is 7.93. The number of carbonyl (C=O) groups is 2. The minimum atomic E-state index is -0.973. The first kappa shape index (κ1) is 32.0. The Morgan fingerprint density at radius 1 is 1.10 bits per heavy atom. The third-order valence-electron chi connectivity index (χ3n) is 2.98. The summed E-state index contributed by atoms with van der Waals surface area (Å²) >= 11 is 0. The Hall–Kier alpha value is -1.10. The molecule has 0 aromatic heterocycles. The Labute approximate surface area is 131 Å². The number of rotatable bonds is 8. The van der Waals surface area contributed by atoms with E-state index in [2.05, 4.69) is 0 Å². The zero-order valence-corrected chi connectivity index (χ0v) is 10.7. The molecule has 5 nitrogen and oxygen atoms in total. The molecule has 0 bridgehead atoms. The molecule has 0 aromatic rings. The number of ether oxygens (including phenoxy) is 1. The average Bonchev–Trinajstić information content (AvgIpc) is 2.31. The van der Waals surface area contributed by atoms with Gasteiger partial charge in [0.15, 0.2) is 0 Å². The van der Waals surface area contributed by atoms with E-state index < -0.39 is 23.8 Å². The van der Waals surface area contributed by atoms with Gasteiger partial charge in [0.1, 0.15) is 6.61 Å². The van der Waals surface area contributed by atoms with Crippen LogP contribution in [0.5, 0.6) is 0 Å². The summed E-state index contributed by atoms with van der Waals surface area (Å²) in [5.41, 5.74) is 0. The van der Waals surface area contributed by atoms with Crippen LogP contribution in [0.25, 0.3) is 0 Å². The molecule has 132 valence electrons. The van der Waals surface area contributed by atoms with E-state index in [0.29, 0.717) is 6.42 Å². The van der Waals surface area contributed by atoms with Gasteiger partial charge in [0.05, 0.1) is 18.4 Å². The Kier molecular flexibility index (Phi) is 25.8. The molecule has 0 saturated heterocycles. The fraction of sp³-hybridized carbons (Fsp3) is 0.875. The van der Waals surface area contributed by atoms with E-state index in [1.54, 1.807) is 6.92 Å². The van der Waals surface area contributed by atoms with Crippen molar-refractivity contribution in [3.63, 3.8) is 0 Å². The molecule has 21 heavy (non-hydrogen) atoms. The standard InChI is InChI=1S/C12H22O5.4CH4/c1-4-8(2)7-10(11(14)15)9(3)12(16)17-6-5-13;;;;/h8-10,13H,4-7H2,1-3H3,(H,14,15);4*1H4. The van der Waals surface area contributed by atoms with Gasteiger partial charge in [-0.3, -0.25) is 9.59 Å². The summed E-state index contributed by atoms with van der Waals surface area (Å²) in [6, 6.07) is 0. The molecule has 0 aliphatic rings. The first-order valence-electron chi connectivity index (χ1n) is 5.94. The number of aliphatic hydroxyl groups excluding tert-OH is 1. The van der Waals surface area contributed by atoms with Crippen molar-refractivity contribution in [1.29, 1.82) is 0 Å². The molecular weight excluding hydrogens is 272 g/mol. The van der Waals surface area contributed by atoms with Gasteiger partial charge in [-0.05, 0) is 12.3 Å². The number of aliphatic carboxylic acids is 1. The lowest BCUT2D eigenvalue weighted by Gasteiger charge is -2.21. The van der Waals surface area contributed by atoms with E-state index >= 15 is 0 Å². The van der Waals surface area contributed by atoms with Gasteiger partial charge in [-0.15, -0.1) is 0 Å². The Morgan fingerprint density at radius 3 is 1.90 bits per heavy atom. The van der Waals surface area contributed by atoms with Crippen molar-refractivity contribution < 1.29 is 24.5 Å². The van der Waals surface area contributed by atoms with Gasteiger partial charge in [0, 0.05) is 0 Å². The zero-order chi connectivity index (χ0) is 13.4. The van der Waals surface area contributed by atoms with Crippen LogP contribution < -0.4 is 0 Å². The summed E-state index contributed by atoms with van der Waals surface area (Å²) in [6.07, 6.45) is 1.34. The highest BCUT2D eigenvalue weighted by atomic mass is 16.5. The van der Waals surface area contributed by atoms with E-state index in [9.17, 15) is 9.59 Å². The van der Waals surface area contributed by atoms with Crippen LogP contribution in [0.1, 0.15) is 63.3 Å². The summed E-state index contributed by atoms with van der Waals surface area (Å²) < 4.78 is 4.75. The SMILES string of the molecule is C.C.C.C.CCC(C)CC(C(=O)O)C(C)C(=O)OCCO. The van der Waals surface area contributed by atoms with E-state index in [-0.39, 0.29) is 48.8 Å². The molecule has 0 rings (SSSR count). The normalized spacial score (nSPS) is 13.0. The lowest BCUT2D eigenvalue weighted by molar-refractivity contribution is -0.158. The van der Waals surface area contributed by atoms with E-state index in [1.165, 1.54) is 0 Å². The van der Waals surface area contributed by atoms with E-state index in [1.807, 2.05) is 13.8 Å². The molecule has 0 amide bonds. The molecule has 0 aromatic carbocycles. The number of esters is 1. The average molecular weight is 310 g/mol. The summed E-state index contributed by atoms with van der Waals surface area (Å²) in [5.74, 6) is -2.69. The molecule has 0 radical (unpaired) electrons. The monoisotopic (exact) mass is 310 g/mol. The van der Waals surface area contributed by atoms with Crippen molar-refractivity contribution in [2.75, 3.05) is 13.2 Å². The van der Waals surface area contributed by atoms with Crippen LogP contribution in [0.4, 0.5) is 0 Å². The Balaban J connectivity index is -0.000000213. The summed E-state index contributed by atoms with van der Waals surface area (Å²) in [6.45, 7) is 5.17. The number of hydrogen-bond donors (Lipinski definition) is 2. The van der Waals surface area contributed by atoms with Crippen molar-refractivity contribution >= 4 is 11.9 Å². The van der Waals surface area contributed by atoms with Crippen LogP contribution in [0.2, 0.25) is 0 Å². The first-order valence-corrected chi connectivity index (χ1v) is 5.94. The second kappa shape index (κ2) is 17.0. The largest absolute Gasteiger partial charge is 0.481 e. The van der Waals surface area contributed by atoms with Gasteiger partial charge in [-0.1, -0.05) is 56.9 Å². The molecule has 0 saturated carbocycles. The smallest absolute Gasteiger partial charge is 0.309 e. The van der Waals surface area contributed by atoms with Crippen LogP contribution in [0.3, 0.4) is 0 Å². The fourth-order valence-corrected chi connectivity index (χ4v) is 1.56. The lowest BCUT2D eigenvalue weighted by Crippen LogP contribution is -2.31. The van der Waals surface area contributed by atoms with Gasteiger partial charge in [-0.25, -0.2) is 0 Å². The Bertz CT molecular complexity index is 253. The maximum atomic E-state index is 11.5. The van der Waals surface area contributed by atoms with Gasteiger partial charge in [0.2, 0.25) is 0 Å². The van der Waals surface area contributed by atoms with Crippen molar-refractivity contribution in [1.82, 2.24) is 0 Å². The molecule has 0 spiro atoms. The molecule has 5 heteroatoms. The molecule has 0 aliphatic heterocycles. The quantitative estimate of drug-likeness (QED) is 0.665. The van der Waals surface area contributed by atoms with Crippen molar-refractivity contribution in [3.8, 4) is 0 Å². The minimum Gasteiger partial charge on any atom is -0.481 e. The molecule has 0 aliphatic carbocycles. The van der Waals surface area contributed by atoms with Crippen molar-refractivity contribution in [2.24, 2.45) is 17.8 Å². The van der Waals surface area contributed by atoms with Crippen LogP contribution in [0, 0.1) is 17.8 Å². The highest BCUT2D eigenvalue weighted by Gasteiger charge is 2.31. The maximum Gasteiger partial charge on any atom is 0.309 e. The predicted molar refractivity (Wildman–Crippen MR) is 89.3 cm³/mol. The molecule has 0 heterocycles. The lowest BCUT2D eigenvalue weighted by atomic mass is 9.85. The number of carboxylic acids is 1. The fourth-order valence-electron chi connectivity index (χ4n) is 1.56. The molecule has 3 unspecified atom stereocenters. The van der Waals surface area contributed by atoms with Crippen LogP contribution in [-0.2, 0) is 14.3 Å². The van der Waals surface area contributed by atoms with Crippen molar-refractivity contribution in [3.05, 3.63) is 0 Å². The number of hydrogen-bond acceptors (Lipinski definition) is 4. The topological polar surface area (TPSA) is 83.8 Å². The molecule has 2 N–H and O–H groups in total. The van der Waals surface area contributed by atoms with Crippen LogP contribution in [-0.4, -0.2) is 35.4 Å². The third kappa shape index (κ3) is 12.4. The highest BCUT2D eigenvalue weighted by molar-refractivity contribution is 5.80. The van der Waals surface area contributed by atoms with Gasteiger partial charge >= 0.3 is 11.9 Å². The van der Waals surface area contributed by atoms with Crippen LogP contribution >= 0.6 is 0 Å². The number of aliphatic hydroxyl groups is 1. The van der Waals surface area contributed by atoms with Crippen molar-refractivity contribution in [2.45, 2.75) is 63.3 Å².